The van der Waals surface area contributed by atoms with Crippen molar-refractivity contribution >= 4 is 46.7 Å². The molecule has 0 atom stereocenters. The van der Waals surface area contributed by atoms with Crippen molar-refractivity contribution in [3.63, 3.8) is 0 Å². The van der Waals surface area contributed by atoms with E-state index in [0.29, 0.717) is 17.2 Å². The molecule has 3 rings (SSSR count). The van der Waals surface area contributed by atoms with Crippen molar-refractivity contribution < 1.29 is 37.0 Å². The van der Waals surface area contributed by atoms with Crippen molar-refractivity contribution in [3.8, 4) is 11.5 Å². The van der Waals surface area contributed by atoms with E-state index < -0.39 is 34.7 Å². The number of urea groups is 1. The molecule has 3 N–H and O–H groups in total. The van der Waals surface area contributed by atoms with Crippen LogP contribution in [0.15, 0.2) is 60.8 Å². The second-order valence-corrected chi connectivity index (χ2v) is 7.81. The highest BCUT2D eigenvalue weighted by Crippen LogP contribution is 2.36. The Balaban J connectivity index is 1.55. The number of carbonyl (C=O) groups is 3. The Kier molecular flexibility index (Phi) is 8.90. The molecule has 0 radical (unpaired) electrons. The molecule has 0 fully saturated rings. The summed E-state index contributed by atoms with van der Waals surface area (Å²) in [6, 6.07) is 11.5. The van der Waals surface area contributed by atoms with E-state index in [1.807, 2.05) is 0 Å². The second-order valence-electron chi connectivity index (χ2n) is 7.40. The summed E-state index contributed by atoms with van der Waals surface area (Å²) < 4.78 is 49.2. The maximum atomic E-state index is 13.0. The summed E-state index contributed by atoms with van der Waals surface area (Å²) in [6.45, 7) is 0. The summed E-state index contributed by atoms with van der Waals surface area (Å²) in [6.07, 6.45) is -3.37. The third-order valence-electron chi connectivity index (χ3n) is 4.66. The topological polar surface area (TPSA) is 119 Å². The zero-order chi connectivity index (χ0) is 27.0. The highest BCUT2D eigenvalue weighted by atomic mass is 35.5. The molecule has 9 nitrogen and oxygen atoms in total. The lowest BCUT2D eigenvalue weighted by Gasteiger charge is -2.13. The average molecular weight is 537 g/mol. The quantitative estimate of drug-likeness (QED) is 0.300. The molecule has 0 unspecified atom stereocenters. The first-order valence-electron chi connectivity index (χ1n) is 10.6. The molecule has 1 aromatic heterocycles. The van der Waals surface area contributed by atoms with Crippen molar-refractivity contribution in [2.45, 2.75) is 19.0 Å². The zero-order valence-corrected chi connectivity index (χ0v) is 19.9. The third-order valence-corrected chi connectivity index (χ3v) is 4.99. The number of anilines is 3. The minimum Gasteiger partial charge on any atom is -0.469 e. The lowest BCUT2D eigenvalue weighted by atomic mass is 10.2. The molecule has 1 heterocycles. The van der Waals surface area contributed by atoms with E-state index in [2.05, 4.69) is 25.7 Å². The third kappa shape index (κ3) is 8.39. The second kappa shape index (κ2) is 12.1. The molecule has 0 spiro atoms. The Bertz CT molecular complexity index is 1290. The number of aromatic nitrogens is 1. The number of halogens is 4. The molecule has 13 heteroatoms. The maximum absolute atomic E-state index is 13.0. The summed E-state index contributed by atoms with van der Waals surface area (Å²) in [5, 5.41) is 6.89. The van der Waals surface area contributed by atoms with Crippen LogP contribution in [0.5, 0.6) is 11.5 Å². The molecule has 0 aliphatic heterocycles. The molecular weight excluding hydrogens is 517 g/mol. The van der Waals surface area contributed by atoms with Gasteiger partial charge < -0.3 is 25.4 Å². The van der Waals surface area contributed by atoms with Crippen LogP contribution in [0.2, 0.25) is 5.02 Å². The van der Waals surface area contributed by atoms with Gasteiger partial charge in [-0.05, 0) is 48.5 Å². The Hall–Kier alpha value is -4.32. The van der Waals surface area contributed by atoms with Crippen molar-refractivity contribution in [1.82, 2.24) is 4.98 Å². The number of nitrogens with zero attached hydrogens (tertiary/aromatic N) is 1. The average Bonchev–Trinajstić information content (AvgIpc) is 2.84. The first-order valence-corrected chi connectivity index (χ1v) is 11.0. The number of carbonyl (C=O) groups excluding carboxylic acids is 3. The standard InChI is InChI=1S/C24H20ClF3N4O5/c1-36-22(34)9-8-21(33)32-20-13-17(10-11-29-20)37-16-5-2-14(3-6-16)30-23(35)31-15-4-7-19(25)18(12-15)24(26,27)28/h2-7,10-13H,8-9H2,1H3,(H,29,32,33)(H2,30,31,35). The van der Waals surface area contributed by atoms with E-state index in [-0.39, 0.29) is 24.3 Å². The maximum Gasteiger partial charge on any atom is 0.417 e. The number of rotatable bonds is 8. The molecule has 3 amide bonds. The largest absolute Gasteiger partial charge is 0.469 e. The van der Waals surface area contributed by atoms with Crippen LogP contribution in [-0.4, -0.2) is 30.0 Å². The molecule has 37 heavy (non-hydrogen) atoms. The smallest absolute Gasteiger partial charge is 0.417 e. The molecule has 0 aliphatic carbocycles. The minimum absolute atomic E-state index is 0.0643. The number of hydrogen-bond acceptors (Lipinski definition) is 6. The fourth-order valence-corrected chi connectivity index (χ4v) is 3.15. The lowest BCUT2D eigenvalue weighted by molar-refractivity contribution is -0.141. The van der Waals surface area contributed by atoms with Crippen LogP contribution < -0.4 is 20.7 Å². The molecule has 2 aromatic carbocycles. The number of pyridine rings is 1. The van der Waals surface area contributed by atoms with E-state index >= 15 is 0 Å². The first-order chi connectivity index (χ1) is 17.5. The van der Waals surface area contributed by atoms with Gasteiger partial charge in [-0.25, -0.2) is 9.78 Å². The van der Waals surface area contributed by atoms with Crippen LogP contribution in [0, 0.1) is 0 Å². The molecule has 0 saturated heterocycles. The Morgan fingerprint density at radius 3 is 2.24 bits per heavy atom. The van der Waals surface area contributed by atoms with Gasteiger partial charge in [0.1, 0.15) is 17.3 Å². The fourth-order valence-electron chi connectivity index (χ4n) is 2.92. The number of ether oxygens (including phenoxy) is 2. The molecule has 0 saturated carbocycles. The number of alkyl halides is 3. The van der Waals surface area contributed by atoms with Gasteiger partial charge in [0.25, 0.3) is 0 Å². The van der Waals surface area contributed by atoms with Gasteiger partial charge in [-0.3, -0.25) is 9.59 Å². The summed E-state index contributed by atoms with van der Waals surface area (Å²) in [5.41, 5.74) is -0.795. The van der Waals surface area contributed by atoms with Gasteiger partial charge in [0, 0.05) is 30.1 Å². The minimum atomic E-state index is -4.66. The number of esters is 1. The van der Waals surface area contributed by atoms with Crippen LogP contribution in [0.4, 0.5) is 35.2 Å². The van der Waals surface area contributed by atoms with Crippen molar-refractivity contribution in [3.05, 3.63) is 71.4 Å². The molecule has 3 aromatic rings. The van der Waals surface area contributed by atoms with Crippen LogP contribution in [-0.2, 0) is 20.5 Å². The van der Waals surface area contributed by atoms with Crippen LogP contribution in [0.1, 0.15) is 18.4 Å². The van der Waals surface area contributed by atoms with E-state index in [1.165, 1.54) is 37.6 Å². The van der Waals surface area contributed by atoms with Gasteiger partial charge in [0.05, 0.1) is 24.1 Å². The first kappa shape index (κ1) is 27.3. The van der Waals surface area contributed by atoms with Gasteiger partial charge in [0.15, 0.2) is 0 Å². The summed E-state index contributed by atoms with van der Waals surface area (Å²) >= 11 is 5.58. The SMILES string of the molecule is COC(=O)CCC(=O)Nc1cc(Oc2ccc(NC(=O)Nc3ccc(Cl)c(C(F)(F)F)c3)cc2)ccn1. The molecule has 0 aliphatic rings. The lowest BCUT2D eigenvalue weighted by Crippen LogP contribution is -2.19. The molecule has 0 bridgehead atoms. The fraction of sp³-hybridized carbons (Fsp3) is 0.167. The van der Waals surface area contributed by atoms with Gasteiger partial charge in [-0.2, -0.15) is 13.2 Å². The molecular formula is C24H20ClF3N4O5. The van der Waals surface area contributed by atoms with E-state index in [4.69, 9.17) is 16.3 Å². The van der Waals surface area contributed by atoms with Gasteiger partial charge in [-0.1, -0.05) is 11.6 Å². The number of benzene rings is 2. The normalized spacial score (nSPS) is 10.8. The van der Waals surface area contributed by atoms with Gasteiger partial charge >= 0.3 is 18.2 Å². The monoisotopic (exact) mass is 536 g/mol. The van der Waals surface area contributed by atoms with Crippen LogP contribution >= 0.6 is 11.6 Å². The predicted octanol–water partition coefficient (Wildman–Crippen LogP) is 6.08. The van der Waals surface area contributed by atoms with E-state index in [9.17, 15) is 27.6 Å². The van der Waals surface area contributed by atoms with Gasteiger partial charge in [-0.15, -0.1) is 0 Å². The number of hydrogen-bond donors (Lipinski definition) is 3. The Morgan fingerprint density at radius 1 is 0.892 bits per heavy atom. The van der Waals surface area contributed by atoms with Crippen LogP contribution in [0.3, 0.4) is 0 Å². The predicted molar refractivity (Wildman–Crippen MR) is 130 cm³/mol. The number of nitrogens with one attached hydrogen (secondary N) is 3. The number of amides is 3. The summed E-state index contributed by atoms with van der Waals surface area (Å²) in [4.78, 5) is 39.3. The Labute approximate surface area is 213 Å². The Morgan fingerprint density at radius 2 is 1.57 bits per heavy atom. The number of methoxy groups -OCH3 is 1. The van der Waals surface area contributed by atoms with Crippen LogP contribution in [0.25, 0.3) is 0 Å². The van der Waals surface area contributed by atoms with Crippen molar-refractivity contribution in [2.24, 2.45) is 0 Å². The zero-order valence-electron chi connectivity index (χ0n) is 19.2. The van der Waals surface area contributed by atoms with E-state index in [0.717, 1.165) is 12.1 Å². The molecule has 194 valence electrons. The van der Waals surface area contributed by atoms with Crippen molar-refractivity contribution in [1.29, 1.82) is 0 Å². The summed E-state index contributed by atoms with van der Waals surface area (Å²) in [5.74, 6) is 0.0546. The van der Waals surface area contributed by atoms with Gasteiger partial charge in [0.2, 0.25) is 5.91 Å². The van der Waals surface area contributed by atoms with Crippen molar-refractivity contribution in [2.75, 3.05) is 23.1 Å². The highest BCUT2D eigenvalue weighted by Gasteiger charge is 2.33. The summed E-state index contributed by atoms with van der Waals surface area (Å²) in [7, 11) is 1.23. The van der Waals surface area contributed by atoms with E-state index in [1.54, 1.807) is 18.2 Å². The highest BCUT2D eigenvalue weighted by molar-refractivity contribution is 6.31.